The van der Waals surface area contributed by atoms with Gasteiger partial charge in [0.1, 0.15) is 5.75 Å². The molecule has 2 N–H and O–H groups in total. The van der Waals surface area contributed by atoms with Crippen molar-refractivity contribution in [3.63, 3.8) is 0 Å². The van der Waals surface area contributed by atoms with Gasteiger partial charge in [0.15, 0.2) is 0 Å². The van der Waals surface area contributed by atoms with E-state index >= 15 is 0 Å². The van der Waals surface area contributed by atoms with Gasteiger partial charge < -0.3 is 19.0 Å². The Morgan fingerprint density at radius 3 is 2.11 bits per heavy atom. The number of rotatable bonds is 6. The molecular weight excluding hydrogens is 350 g/mol. The van der Waals surface area contributed by atoms with E-state index in [0.29, 0.717) is 18.7 Å². The zero-order valence-corrected chi connectivity index (χ0v) is 15.7. The second-order valence-electron chi connectivity index (χ2n) is 6.78. The van der Waals surface area contributed by atoms with Crippen LogP contribution in [0.25, 0.3) is 11.0 Å². The highest BCUT2D eigenvalue weighted by Gasteiger charge is 2.15. The number of fused-ring (bicyclic) bond motifs is 1. The summed E-state index contributed by atoms with van der Waals surface area (Å²) >= 11 is 0. The molecule has 0 bridgehead atoms. The summed E-state index contributed by atoms with van der Waals surface area (Å²) in [6.45, 7) is 0.930. The zero-order chi connectivity index (χ0) is 19.5. The molecule has 5 nitrogen and oxygen atoms in total. The van der Waals surface area contributed by atoms with Gasteiger partial charge in [0.2, 0.25) is 5.62 Å². The minimum absolute atomic E-state index is 0.313. The molecular formula is C23H23N3O2. The Bertz CT molecular complexity index is 1130. The first-order valence-electron chi connectivity index (χ1n) is 9.26. The summed E-state index contributed by atoms with van der Waals surface area (Å²) < 4.78 is 9.03. The highest BCUT2D eigenvalue weighted by molar-refractivity contribution is 5.76. The average molecular weight is 373 g/mol. The molecule has 0 saturated heterocycles. The van der Waals surface area contributed by atoms with E-state index in [1.807, 2.05) is 75.9 Å². The Hall–Kier alpha value is -3.31. The lowest BCUT2D eigenvalue weighted by Crippen LogP contribution is -2.27. The van der Waals surface area contributed by atoms with E-state index in [2.05, 4.69) is 12.1 Å². The number of nitrogens with zero attached hydrogens (tertiary/aromatic N) is 2. The third-order valence-electron chi connectivity index (χ3n) is 5.01. The molecule has 0 spiro atoms. The molecule has 4 aromatic rings. The van der Waals surface area contributed by atoms with Crippen LogP contribution in [0.15, 0.2) is 78.9 Å². The molecule has 1 heterocycles. The maximum Gasteiger partial charge on any atom is 0.203 e. The largest absolute Gasteiger partial charge is 0.497 e. The van der Waals surface area contributed by atoms with Crippen LogP contribution in [-0.4, -0.2) is 21.4 Å². The number of benzene rings is 3. The predicted octanol–water partition coefficient (Wildman–Crippen LogP) is 3.71. The molecule has 0 aliphatic rings. The van der Waals surface area contributed by atoms with Crippen LogP contribution in [0.4, 0.5) is 0 Å². The van der Waals surface area contributed by atoms with E-state index in [1.165, 1.54) is 0 Å². The number of nitrogens with one attached hydrogen (secondary N) is 1. The van der Waals surface area contributed by atoms with Crippen LogP contribution in [0.3, 0.4) is 0 Å². The van der Waals surface area contributed by atoms with E-state index in [9.17, 15) is 5.11 Å². The minimum atomic E-state index is -0.712. The lowest BCUT2D eigenvalue weighted by Gasteiger charge is -2.13. The van der Waals surface area contributed by atoms with E-state index in [4.69, 9.17) is 10.1 Å². The summed E-state index contributed by atoms with van der Waals surface area (Å²) in [7, 11) is 1.62. The van der Waals surface area contributed by atoms with Gasteiger partial charge in [-0.1, -0.05) is 54.6 Å². The second kappa shape index (κ2) is 7.74. The van der Waals surface area contributed by atoms with Gasteiger partial charge in [-0.3, -0.25) is 5.41 Å². The molecule has 0 fully saturated rings. The quantitative estimate of drug-likeness (QED) is 0.541. The fraction of sp³-hybridized carbons (Fsp3) is 0.174. The van der Waals surface area contributed by atoms with E-state index < -0.39 is 6.10 Å². The average Bonchev–Trinajstić information content (AvgIpc) is 3.00. The van der Waals surface area contributed by atoms with Crippen molar-refractivity contribution in [3.05, 3.63) is 95.6 Å². The topological polar surface area (TPSA) is 63.2 Å². The maximum absolute atomic E-state index is 10.8. The van der Waals surface area contributed by atoms with E-state index in [0.717, 1.165) is 27.9 Å². The molecule has 0 unspecified atom stereocenters. The molecule has 28 heavy (non-hydrogen) atoms. The van der Waals surface area contributed by atoms with Gasteiger partial charge in [0, 0.05) is 0 Å². The number of hydrogen-bond donors (Lipinski definition) is 2. The highest BCUT2D eigenvalue weighted by Crippen LogP contribution is 2.21. The molecule has 0 aliphatic heterocycles. The molecule has 0 saturated carbocycles. The number of ether oxygens (including phenoxy) is 1. The summed E-state index contributed by atoms with van der Waals surface area (Å²) in [5.74, 6) is 0.754. The number of imidazole rings is 1. The van der Waals surface area contributed by atoms with Crippen molar-refractivity contribution in [2.75, 3.05) is 7.11 Å². The summed E-state index contributed by atoms with van der Waals surface area (Å²) in [4.78, 5) is 0. The summed E-state index contributed by atoms with van der Waals surface area (Å²) in [5.41, 5.74) is 4.24. The normalized spacial score (nSPS) is 12.2. The first kappa shape index (κ1) is 18.1. The molecule has 1 aromatic heterocycles. The van der Waals surface area contributed by atoms with E-state index in [1.54, 1.807) is 7.11 Å². The van der Waals surface area contributed by atoms with Gasteiger partial charge in [0.25, 0.3) is 0 Å². The van der Waals surface area contributed by atoms with Gasteiger partial charge >= 0.3 is 0 Å². The molecule has 5 heteroatoms. The fourth-order valence-corrected chi connectivity index (χ4v) is 3.51. The number of aliphatic hydroxyl groups is 1. The monoisotopic (exact) mass is 373 g/mol. The molecule has 0 amide bonds. The smallest absolute Gasteiger partial charge is 0.203 e. The molecule has 142 valence electrons. The Balaban J connectivity index is 1.70. The number of methoxy groups -OCH3 is 1. The van der Waals surface area contributed by atoms with Crippen LogP contribution in [0, 0.1) is 5.41 Å². The molecule has 0 aliphatic carbocycles. The van der Waals surface area contributed by atoms with Crippen molar-refractivity contribution in [2.45, 2.75) is 19.2 Å². The number of aromatic nitrogens is 2. The predicted molar refractivity (Wildman–Crippen MR) is 109 cm³/mol. The lowest BCUT2D eigenvalue weighted by atomic mass is 10.1. The van der Waals surface area contributed by atoms with Gasteiger partial charge in [-0.25, -0.2) is 0 Å². The Labute approximate surface area is 163 Å². The van der Waals surface area contributed by atoms with Crippen LogP contribution >= 0.6 is 0 Å². The second-order valence-corrected chi connectivity index (χ2v) is 6.78. The van der Waals surface area contributed by atoms with Crippen LogP contribution in [-0.2, 0) is 13.1 Å². The maximum atomic E-state index is 10.8. The third-order valence-corrected chi connectivity index (χ3v) is 5.01. The Morgan fingerprint density at radius 1 is 0.857 bits per heavy atom. The van der Waals surface area contributed by atoms with Crippen LogP contribution < -0.4 is 10.4 Å². The van der Waals surface area contributed by atoms with Gasteiger partial charge in [-0.15, -0.1) is 0 Å². The molecule has 4 rings (SSSR count). The van der Waals surface area contributed by atoms with Crippen molar-refractivity contribution in [1.29, 1.82) is 5.41 Å². The Morgan fingerprint density at radius 2 is 1.46 bits per heavy atom. The first-order chi connectivity index (χ1) is 13.7. The van der Waals surface area contributed by atoms with E-state index in [-0.39, 0.29) is 0 Å². The van der Waals surface area contributed by atoms with Gasteiger partial charge in [-0.05, 0) is 35.4 Å². The molecule has 1 atom stereocenters. The third kappa shape index (κ3) is 3.44. The van der Waals surface area contributed by atoms with Crippen LogP contribution in [0.2, 0.25) is 0 Å². The number of para-hydroxylation sites is 2. The summed E-state index contributed by atoms with van der Waals surface area (Å²) in [6, 6.07) is 25.5. The Kier molecular flexibility index (Phi) is 5.00. The van der Waals surface area contributed by atoms with Gasteiger partial charge in [-0.2, -0.15) is 0 Å². The standard InChI is InChI=1S/C23H23N3O2/c1-28-19-13-11-18(12-14-19)22(27)16-26-21-10-6-5-9-20(21)25(23(26)24)15-17-7-3-2-4-8-17/h2-14,22,24,27H,15-16H2,1H3/t22-/m1/s1. The van der Waals surface area contributed by atoms with Crippen LogP contribution in [0.5, 0.6) is 5.75 Å². The minimum Gasteiger partial charge on any atom is -0.497 e. The molecule has 0 radical (unpaired) electrons. The number of aliphatic hydroxyl groups excluding tert-OH is 1. The van der Waals surface area contributed by atoms with Crippen LogP contribution in [0.1, 0.15) is 17.2 Å². The first-order valence-corrected chi connectivity index (χ1v) is 9.26. The van der Waals surface area contributed by atoms with Crippen molar-refractivity contribution in [2.24, 2.45) is 0 Å². The SMILES string of the molecule is COc1ccc([C@H](O)Cn2c(=N)n(Cc3ccccc3)c3ccccc32)cc1. The van der Waals surface area contributed by atoms with Crippen molar-refractivity contribution in [3.8, 4) is 5.75 Å². The summed E-state index contributed by atoms with van der Waals surface area (Å²) in [5, 5.41) is 19.5. The fourth-order valence-electron chi connectivity index (χ4n) is 3.51. The zero-order valence-electron chi connectivity index (χ0n) is 15.7. The summed E-state index contributed by atoms with van der Waals surface area (Å²) in [6.07, 6.45) is -0.712. The lowest BCUT2D eigenvalue weighted by molar-refractivity contribution is 0.155. The van der Waals surface area contributed by atoms with Crippen molar-refractivity contribution < 1.29 is 9.84 Å². The molecule has 3 aromatic carbocycles. The highest BCUT2D eigenvalue weighted by atomic mass is 16.5. The van der Waals surface area contributed by atoms with Crippen molar-refractivity contribution >= 4 is 11.0 Å². The van der Waals surface area contributed by atoms with Crippen molar-refractivity contribution in [1.82, 2.24) is 9.13 Å². The van der Waals surface area contributed by atoms with Gasteiger partial charge in [0.05, 0.1) is 37.3 Å². The number of hydrogen-bond acceptors (Lipinski definition) is 3.